The Balaban J connectivity index is 2.58. The maximum atomic E-state index is 12.5. The van der Waals surface area contributed by atoms with Gasteiger partial charge in [0.2, 0.25) is 5.95 Å². The molecule has 0 amide bonds. The standard InChI is InChI=1S/C7H10ClFN2/c1-2-3-4-5-10-6(8)7(9)11-5/h2-4H2,1H3,(H,10,11). The first kappa shape index (κ1) is 8.53. The highest BCUT2D eigenvalue weighted by molar-refractivity contribution is 6.29. The molecule has 62 valence electrons. The van der Waals surface area contributed by atoms with Crippen LogP contribution >= 0.6 is 11.6 Å². The van der Waals surface area contributed by atoms with E-state index in [1.54, 1.807) is 0 Å². The molecular weight excluding hydrogens is 167 g/mol. The van der Waals surface area contributed by atoms with Gasteiger partial charge in [-0.1, -0.05) is 24.9 Å². The van der Waals surface area contributed by atoms with Gasteiger partial charge < -0.3 is 4.98 Å². The summed E-state index contributed by atoms with van der Waals surface area (Å²) >= 11 is 5.39. The molecule has 4 heteroatoms. The van der Waals surface area contributed by atoms with Gasteiger partial charge in [0.1, 0.15) is 5.82 Å². The van der Waals surface area contributed by atoms with Crippen LogP contribution in [0.4, 0.5) is 4.39 Å². The Bertz CT molecular complexity index is 215. The number of halogens is 2. The number of hydrogen-bond donors (Lipinski definition) is 1. The smallest absolute Gasteiger partial charge is 0.230 e. The average molecular weight is 177 g/mol. The summed E-state index contributed by atoms with van der Waals surface area (Å²) in [5.74, 6) is 0.104. The molecule has 0 unspecified atom stereocenters. The first-order valence-electron chi connectivity index (χ1n) is 3.64. The molecule has 0 bridgehead atoms. The van der Waals surface area contributed by atoms with Crippen LogP contribution in [-0.4, -0.2) is 9.97 Å². The lowest BCUT2D eigenvalue weighted by Gasteiger charge is -1.90. The van der Waals surface area contributed by atoms with Crippen molar-refractivity contribution in [1.29, 1.82) is 0 Å². The Morgan fingerprint density at radius 1 is 1.64 bits per heavy atom. The number of hydrogen-bond acceptors (Lipinski definition) is 1. The number of unbranched alkanes of at least 4 members (excludes halogenated alkanes) is 1. The van der Waals surface area contributed by atoms with Crippen LogP contribution in [0.2, 0.25) is 5.15 Å². The molecule has 0 aromatic carbocycles. The van der Waals surface area contributed by atoms with Gasteiger partial charge in [-0.05, 0) is 6.42 Å². The molecular formula is C7H10ClFN2. The van der Waals surface area contributed by atoms with E-state index in [-0.39, 0.29) is 5.15 Å². The number of rotatable bonds is 3. The van der Waals surface area contributed by atoms with Crippen molar-refractivity contribution < 1.29 is 4.39 Å². The molecule has 0 atom stereocenters. The van der Waals surface area contributed by atoms with Crippen LogP contribution in [0.25, 0.3) is 0 Å². The molecule has 0 saturated heterocycles. The first-order valence-corrected chi connectivity index (χ1v) is 4.01. The number of aromatic nitrogens is 2. The lowest BCUT2D eigenvalue weighted by Crippen LogP contribution is -1.86. The lowest BCUT2D eigenvalue weighted by molar-refractivity contribution is 0.586. The normalized spacial score (nSPS) is 10.5. The third-order valence-electron chi connectivity index (χ3n) is 1.44. The van der Waals surface area contributed by atoms with Crippen molar-refractivity contribution >= 4 is 11.6 Å². The van der Waals surface area contributed by atoms with Crippen LogP contribution in [0.3, 0.4) is 0 Å². The van der Waals surface area contributed by atoms with Gasteiger partial charge >= 0.3 is 0 Å². The molecule has 0 fully saturated rings. The fourth-order valence-electron chi connectivity index (χ4n) is 0.836. The summed E-state index contributed by atoms with van der Waals surface area (Å²) in [7, 11) is 0. The van der Waals surface area contributed by atoms with Crippen molar-refractivity contribution in [3.63, 3.8) is 0 Å². The number of nitrogens with zero attached hydrogens (tertiary/aromatic N) is 1. The average Bonchev–Trinajstić information content (AvgIpc) is 2.28. The quantitative estimate of drug-likeness (QED) is 0.754. The summed E-state index contributed by atoms with van der Waals surface area (Å²) in [4.78, 5) is 6.25. The highest BCUT2D eigenvalue weighted by Crippen LogP contribution is 2.11. The molecule has 1 aromatic heterocycles. The van der Waals surface area contributed by atoms with Gasteiger partial charge in [0.15, 0.2) is 5.15 Å². The predicted molar refractivity (Wildman–Crippen MR) is 42.2 cm³/mol. The van der Waals surface area contributed by atoms with Crippen LogP contribution in [0.1, 0.15) is 25.6 Å². The minimum Gasteiger partial charge on any atom is -0.318 e. The van der Waals surface area contributed by atoms with E-state index < -0.39 is 5.95 Å². The van der Waals surface area contributed by atoms with E-state index in [1.807, 2.05) is 0 Å². The third kappa shape index (κ3) is 2.19. The Morgan fingerprint density at radius 2 is 2.36 bits per heavy atom. The summed E-state index contributed by atoms with van der Waals surface area (Å²) in [6.07, 6.45) is 2.84. The number of H-pyrrole nitrogens is 1. The van der Waals surface area contributed by atoms with Gasteiger partial charge in [-0.3, -0.25) is 0 Å². The third-order valence-corrected chi connectivity index (χ3v) is 1.69. The molecule has 1 heterocycles. The highest BCUT2D eigenvalue weighted by atomic mass is 35.5. The first-order chi connectivity index (χ1) is 5.24. The Morgan fingerprint density at radius 3 is 2.82 bits per heavy atom. The molecule has 1 aromatic rings. The Kier molecular flexibility index (Phi) is 2.88. The van der Waals surface area contributed by atoms with Crippen LogP contribution in [0.5, 0.6) is 0 Å². The zero-order valence-corrected chi connectivity index (χ0v) is 7.08. The van der Waals surface area contributed by atoms with E-state index in [2.05, 4.69) is 16.9 Å². The molecule has 0 aliphatic carbocycles. The van der Waals surface area contributed by atoms with Crippen molar-refractivity contribution in [3.05, 3.63) is 16.9 Å². The second-order valence-corrected chi connectivity index (χ2v) is 2.75. The summed E-state index contributed by atoms with van der Waals surface area (Å²) in [6.45, 7) is 2.07. The topological polar surface area (TPSA) is 28.7 Å². The zero-order valence-electron chi connectivity index (χ0n) is 6.32. The van der Waals surface area contributed by atoms with E-state index in [0.29, 0.717) is 5.82 Å². The zero-order chi connectivity index (χ0) is 8.27. The molecule has 1 rings (SSSR count). The van der Waals surface area contributed by atoms with E-state index in [9.17, 15) is 4.39 Å². The molecule has 0 aliphatic heterocycles. The van der Waals surface area contributed by atoms with Crippen LogP contribution < -0.4 is 0 Å². The fraction of sp³-hybridized carbons (Fsp3) is 0.571. The number of aromatic amines is 1. The minimum atomic E-state index is -0.530. The highest BCUT2D eigenvalue weighted by Gasteiger charge is 2.05. The molecule has 0 aliphatic rings. The van der Waals surface area contributed by atoms with E-state index >= 15 is 0 Å². The van der Waals surface area contributed by atoms with E-state index in [4.69, 9.17) is 11.6 Å². The SMILES string of the molecule is CCCCc1nc(Cl)c(F)[nH]1. The minimum absolute atomic E-state index is 0.0592. The molecule has 11 heavy (non-hydrogen) atoms. The number of imidazole rings is 1. The molecule has 0 radical (unpaired) electrons. The second kappa shape index (κ2) is 3.72. The molecule has 2 nitrogen and oxygen atoms in total. The van der Waals surface area contributed by atoms with Gasteiger partial charge in [0.05, 0.1) is 0 Å². The summed E-state index contributed by atoms with van der Waals surface area (Å²) < 4.78 is 12.5. The number of nitrogens with one attached hydrogen (secondary N) is 1. The second-order valence-electron chi connectivity index (χ2n) is 2.39. The van der Waals surface area contributed by atoms with Crippen molar-refractivity contribution in [2.75, 3.05) is 0 Å². The molecule has 0 saturated carbocycles. The maximum absolute atomic E-state index is 12.5. The molecule has 0 spiro atoms. The van der Waals surface area contributed by atoms with Crippen LogP contribution in [0, 0.1) is 5.95 Å². The Labute approximate surface area is 69.8 Å². The van der Waals surface area contributed by atoms with Gasteiger partial charge in [-0.2, -0.15) is 4.39 Å². The van der Waals surface area contributed by atoms with Crippen LogP contribution in [0.15, 0.2) is 0 Å². The predicted octanol–water partition coefficient (Wildman–Crippen LogP) is 2.54. The van der Waals surface area contributed by atoms with Gasteiger partial charge in [-0.15, -0.1) is 0 Å². The van der Waals surface area contributed by atoms with Crippen LogP contribution in [-0.2, 0) is 6.42 Å². The van der Waals surface area contributed by atoms with Gasteiger partial charge in [-0.25, -0.2) is 4.98 Å². The Hall–Kier alpha value is -0.570. The van der Waals surface area contributed by atoms with Gasteiger partial charge in [0, 0.05) is 6.42 Å². The van der Waals surface area contributed by atoms with E-state index in [0.717, 1.165) is 19.3 Å². The largest absolute Gasteiger partial charge is 0.318 e. The van der Waals surface area contributed by atoms with Crippen molar-refractivity contribution in [3.8, 4) is 0 Å². The monoisotopic (exact) mass is 176 g/mol. The lowest BCUT2D eigenvalue weighted by atomic mass is 10.2. The summed E-state index contributed by atoms with van der Waals surface area (Å²) in [5, 5.41) is -0.0592. The molecule has 1 N–H and O–H groups in total. The maximum Gasteiger partial charge on any atom is 0.230 e. The van der Waals surface area contributed by atoms with Crippen molar-refractivity contribution in [1.82, 2.24) is 9.97 Å². The van der Waals surface area contributed by atoms with Gasteiger partial charge in [0.25, 0.3) is 0 Å². The van der Waals surface area contributed by atoms with E-state index in [1.165, 1.54) is 0 Å². The number of aryl methyl sites for hydroxylation is 1. The summed E-state index contributed by atoms with van der Waals surface area (Å²) in [6, 6.07) is 0. The summed E-state index contributed by atoms with van der Waals surface area (Å²) in [5.41, 5.74) is 0. The fourth-order valence-corrected chi connectivity index (χ4v) is 0.986. The van der Waals surface area contributed by atoms with Crippen molar-refractivity contribution in [2.45, 2.75) is 26.2 Å². The van der Waals surface area contributed by atoms with Crippen molar-refractivity contribution in [2.24, 2.45) is 0 Å².